The fraction of sp³-hybridized carbons (Fsp3) is 0.550. The summed E-state index contributed by atoms with van der Waals surface area (Å²) in [5.74, 6) is 0.536. The van der Waals surface area contributed by atoms with Crippen LogP contribution in [0.2, 0.25) is 0 Å². The maximum absolute atomic E-state index is 12.9. The number of carbonyl (C=O) groups excluding carboxylic acids is 1. The summed E-state index contributed by atoms with van der Waals surface area (Å²) < 4.78 is 5.49. The molecule has 1 N–H and O–H groups in total. The molecule has 2 aliphatic heterocycles. The minimum absolute atomic E-state index is 0.0204. The normalized spacial score (nSPS) is 23.0. The quantitative estimate of drug-likeness (QED) is 0.870. The lowest BCUT2D eigenvalue weighted by molar-refractivity contribution is 0.0191. The molecule has 0 radical (unpaired) electrons. The minimum atomic E-state index is 0.0204. The monoisotopic (exact) mass is 380 g/mol. The smallest absolute Gasteiger partial charge is 0.257 e. The Balaban J connectivity index is 1.24. The van der Waals surface area contributed by atoms with E-state index >= 15 is 0 Å². The predicted molar refractivity (Wildman–Crippen MR) is 102 cm³/mol. The third-order valence-corrected chi connectivity index (χ3v) is 6.29. The summed E-state index contributed by atoms with van der Waals surface area (Å²) in [5, 5.41) is 3.32. The van der Waals surface area contributed by atoms with E-state index < -0.39 is 0 Å². The van der Waals surface area contributed by atoms with E-state index in [2.05, 4.69) is 25.3 Å². The van der Waals surface area contributed by atoms with Crippen LogP contribution >= 0.6 is 0 Å². The molecule has 5 rings (SSSR count). The Morgan fingerprint density at radius 1 is 1.11 bits per heavy atom. The number of nitrogens with zero attached hydrogens (tertiary/aromatic N) is 5. The first-order chi connectivity index (χ1) is 13.7. The molecule has 0 aromatic carbocycles. The summed E-state index contributed by atoms with van der Waals surface area (Å²) in [4.78, 5) is 32.4. The predicted octanol–water partition coefficient (Wildman–Crippen LogP) is 2.01. The lowest BCUT2D eigenvalue weighted by Gasteiger charge is -2.33. The second-order valence-electron chi connectivity index (χ2n) is 8.01. The van der Waals surface area contributed by atoms with Crippen LogP contribution in [0.4, 0.5) is 5.95 Å². The van der Waals surface area contributed by atoms with Gasteiger partial charge < -0.3 is 15.0 Å². The van der Waals surface area contributed by atoms with E-state index in [-0.39, 0.29) is 17.4 Å². The van der Waals surface area contributed by atoms with E-state index in [1.54, 1.807) is 24.8 Å². The zero-order valence-corrected chi connectivity index (χ0v) is 15.8. The lowest BCUT2D eigenvalue weighted by atomic mass is 9.80. The second-order valence-corrected chi connectivity index (χ2v) is 8.01. The highest BCUT2D eigenvalue weighted by Gasteiger charge is 2.41. The number of rotatable bonds is 3. The third-order valence-electron chi connectivity index (χ3n) is 6.29. The van der Waals surface area contributed by atoms with Crippen molar-refractivity contribution >= 4 is 11.9 Å². The number of fused-ring (bicyclic) bond motifs is 1. The van der Waals surface area contributed by atoms with Crippen molar-refractivity contribution in [3.8, 4) is 0 Å². The third kappa shape index (κ3) is 3.22. The summed E-state index contributed by atoms with van der Waals surface area (Å²) in [7, 11) is 0. The molecule has 4 heterocycles. The Morgan fingerprint density at radius 3 is 2.71 bits per heavy atom. The number of ether oxygens (including phenoxy) is 1. The largest absolute Gasteiger partial charge is 0.381 e. The molecule has 2 aromatic rings. The summed E-state index contributed by atoms with van der Waals surface area (Å²) in [5.41, 5.74) is 2.78. The molecular formula is C20H24N6O2. The minimum Gasteiger partial charge on any atom is -0.381 e. The van der Waals surface area contributed by atoms with Crippen molar-refractivity contribution in [1.82, 2.24) is 24.8 Å². The molecule has 146 valence electrons. The van der Waals surface area contributed by atoms with Crippen LogP contribution in [0, 0.1) is 5.41 Å². The lowest BCUT2D eigenvalue weighted by Crippen LogP contribution is -2.35. The average Bonchev–Trinajstić information content (AvgIpc) is 3.34. The van der Waals surface area contributed by atoms with Crippen LogP contribution in [-0.4, -0.2) is 57.0 Å². The van der Waals surface area contributed by atoms with Crippen molar-refractivity contribution in [1.29, 1.82) is 0 Å². The zero-order valence-electron chi connectivity index (χ0n) is 15.8. The maximum Gasteiger partial charge on any atom is 0.257 e. The Kier molecular flexibility index (Phi) is 4.43. The summed E-state index contributed by atoms with van der Waals surface area (Å²) in [6.45, 7) is 3.23. The van der Waals surface area contributed by atoms with Gasteiger partial charge in [-0.2, -0.15) is 0 Å². The van der Waals surface area contributed by atoms with Crippen molar-refractivity contribution < 1.29 is 9.53 Å². The SMILES string of the molecule is O=C(c1cnc(NC2CCc3nccnc32)nc1)N1CCC2(CCOCC2)C1. The Hall–Kier alpha value is -2.61. The van der Waals surface area contributed by atoms with Gasteiger partial charge in [0, 0.05) is 51.1 Å². The van der Waals surface area contributed by atoms with Crippen LogP contribution < -0.4 is 5.32 Å². The van der Waals surface area contributed by atoms with E-state index in [0.717, 1.165) is 69.8 Å². The van der Waals surface area contributed by atoms with E-state index in [0.29, 0.717) is 11.5 Å². The van der Waals surface area contributed by atoms with Gasteiger partial charge in [-0.25, -0.2) is 9.97 Å². The molecule has 2 saturated heterocycles. The molecule has 8 heteroatoms. The molecule has 2 aromatic heterocycles. The van der Waals surface area contributed by atoms with Gasteiger partial charge in [0.1, 0.15) is 0 Å². The van der Waals surface area contributed by atoms with Crippen molar-refractivity contribution in [2.75, 3.05) is 31.6 Å². The molecule has 28 heavy (non-hydrogen) atoms. The summed E-state index contributed by atoms with van der Waals surface area (Å²) in [6, 6.07) is 0.0669. The van der Waals surface area contributed by atoms with Crippen LogP contribution in [0.3, 0.4) is 0 Å². The molecule has 8 nitrogen and oxygen atoms in total. The number of aromatic nitrogens is 4. The zero-order chi connectivity index (χ0) is 19.0. The van der Waals surface area contributed by atoms with Crippen LogP contribution in [-0.2, 0) is 11.2 Å². The van der Waals surface area contributed by atoms with Gasteiger partial charge in [0.25, 0.3) is 5.91 Å². The van der Waals surface area contributed by atoms with Crippen LogP contribution in [0.15, 0.2) is 24.8 Å². The van der Waals surface area contributed by atoms with Gasteiger partial charge in [-0.1, -0.05) is 0 Å². The fourth-order valence-electron chi connectivity index (χ4n) is 4.59. The average molecular weight is 380 g/mol. The Labute approximate surface area is 163 Å². The number of carbonyl (C=O) groups is 1. The van der Waals surface area contributed by atoms with Gasteiger partial charge >= 0.3 is 0 Å². The van der Waals surface area contributed by atoms with Crippen LogP contribution in [0.5, 0.6) is 0 Å². The van der Waals surface area contributed by atoms with Crippen LogP contribution in [0.1, 0.15) is 53.5 Å². The van der Waals surface area contributed by atoms with Crippen molar-refractivity contribution in [2.24, 2.45) is 5.41 Å². The number of hydrogen-bond acceptors (Lipinski definition) is 7. The summed E-state index contributed by atoms with van der Waals surface area (Å²) >= 11 is 0. The summed E-state index contributed by atoms with van der Waals surface area (Å²) in [6.07, 6.45) is 11.7. The van der Waals surface area contributed by atoms with E-state index in [1.165, 1.54) is 0 Å². The number of anilines is 1. The molecule has 0 bridgehead atoms. The van der Waals surface area contributed by atoms with Crippen LogP contribution in [0.25, 0.3) is 0 Å². The molecule has 1 spiro atoms. The van der Waals surface area contributed by atoms with E-state index in [1.807, 2.05) is 4.90 Å². The van der Waals surface area contributed by atoms with Crippen molar-refractivity contribution in [3.63, 3.8) is 0 Å². The number of aryl methyl sites for hydroxylation is 1. The highest BCUT2D eigenvalue weighted by molar-refractivity contribution is 5.94. The molecule has 1 atom stereocenters. The molecule has 1 aliphatic carbocycles. The molecule has 0 saturated carbocycles. The molecule has 3 aliphatic rings. The Bertz CT molecular complexity index is 865. The first-order valence-corrected chi connectivity index (χ1v) is 9.98. The van der Waals surface area contributed by atoms with Gasteiger partial charge in [0.15, 0.2) is 0 Å². The molecule has 2 fully saturated rings. The number of amides is 1. The Morgan fingerprint density at radius 2 is 1.89 bits per heavy atom. The highest BCUT2D eigenvalue weighted by atomic mass is 16.5. The first-order valence-electron chi connectivity index (χ1n) is 9.98. The number of nitrogens with one attached hydrogen (secondary N) is 1. The molecule has 1 unspecified atom stereocenters. The first kappa shape index (κ1) is 17.5. The van der Waals surface area contributed by atoms with Gasteiger partial charge in [-0.15, -0.1) is 0 Å². The highest BCUT2D eigenvalue weighted by Crippen LogP contribution is 2.40. The van der Waals surface area contributed by atoms with Gasteiger partial charge in [0.05, 0.1) is 23.0 Å². The topological polar surface area (TPSA) is 93.1 Å². The number of hydrogen-bond donors (Lipinski definition) is 1. The van der Waals surface area contributed by atoms with Gasteiger partial charge in [-0.05, 0) is 37.5 Å². The van der Waals surface area contributed by atoms with Crippen molar-refractivity contribution in [3.05, 3.63) is 41.7 Å². The molecule has 1 amide bonds. The second kappa shape index (κ2) is 7.09. The van der Waals surface area contributed by atoms with Crippen molar-refractivity contribution in [2.45, 2.75) is 38.1 Å². The van der Waals surface area contributed by atoms with E-state index in [4.69, 9.17) is 4.74 Å². The standard InChI is InChI=1S/C20H24N6O2/c27-18(26-8-3-20(13-26)4-9-28-10-5-20)14-11-23-19(24-12-14)25-16-2-1-15-17(16)22-7-6-21-15/h6-7,11-12,16H,1-5,8-10,13H2,(H,23,24,25). The molecular weight excluding hydrogens is 356 g/mol. The maximum atomic E-state index is 12.9. The van der Waals surface area contributed by atoms with E-state index in [9.17, 15) is 4.79 Å². The van der Waals surface area contributed by atoms with Gasteiger partial charge in [-0.3, -0.25) is 14.8 Å². The number of likely N-dealkylation sites (tertiary alicyclic amines) is 1. The van der Waals surface area contributed by atoms with Gasteiger partial charge in [0.2, 0.25) is 5.95 Å². The fourth-order valence-corrected chi connectivity index (χ4v) is 4.59.